The Hall–Kier alpha value is -1.51. The SMILES string of the molecule is Cc1ccc(C(=O)O)c(C)c1N1CCC1. The highest BCUT2D eigenvalue weighted by atomic mass is 16.4. The van der Waals surface area contributed by atoms with Crippen molar-refractivity contribution in [2.45, 2.75) is 20.3 Å². The third-order valence-electron chi connectivity index (χ3n) is 3.04. The molecule has 0 aromatic heterocycles. The van der Waals surface area contributed by atoms with E-state index in [1.807, 2.05) is 19.9 Å². The Kier molecular flexibility index (Phi) is 2.39. The molecule has 1 aliphatic heterocycles. The van der Waals surface area contributed by atoms with Crippen LogP contribution in [0.2, 0.25) is 0 Å². The summed E-state index contributed by atoms with van der Waals surface area (Å²) in [7, 11) is 0. The van der Waals surface area contributed by atoms with Crippen molar-refractivity contribution in [3.05, 3.63) is 28.8 Å². The number of aryl methyl sites for hydroxylation is 1. The monoisotopic (exact) mass is 205 g/mol. The highest BCUT2D eigenvalue weighted by Gasteiger charge is 2.21. The van der Waals surface area contributed by atoms with Crippen molar-refractivity contribution in [2.24, 2.45) is 0 Å². The van der Waals surface area contributed by atoms with Gasteiger partial charge in [-0.1, -0.05) is 6.07 Å². The minimum atomic E-state index is -0.839. The number of carbonyl (C=O) groups is 1. The standard InChI is InChI=1S/C12H15NO2/c1-8-4-5-10(12(14)15)9(2)11(8)13-6-3-7-13/h4-5H,3,6-7H2,1-2H3,(H,14,15). The Morgan fingerprint density at radius 3 is 2.47 bits per heavy atom. The summed E-state index contributed by atoms with van der Waals surface area (Å²) in [5.74, 6) is -0.839. The highest BCUT2D eigenvalue weighted by Crippen LogP contribution is 2.30. The number of hydrogen-bond donors (Lipinski definition) is 1. The molecule has 1 aromatic carbocycles. The van der Waals surface area contributed by atoms with Crippen molar-refractivity contribution < 1.29 is 9.90 Å². The second-order valence-electron chi connectivity index (χ2n) is 4.05. The minimum Gasteiger partial charge on any atom is -0.478 e. The van der Waals surface area contributed by atoms with Crippen LogP contribution in [0.5, 0.6) is 0 Å². The Morgan fingerprint density at radius 1 is 1.33 bits per heavy atom. The van der Waals surface area contributed by atoms with E-state index in [1.54, 1.807) is 6.07 Å². The van der Waals surface area contributed by atoms with E-state index in [0.717, 1.165) is 29.9 Å². The molecule has 1 heterocycles. The highest BCUT2D eigenvalue weighted by molar-refractivity contribution is 5.91. The first-order valence-electron chi connectivity index (χ1n) is 5.19. The van der Waals surface area contributed by atoms with E-state index < -0.39 is 5.97 Å². The molecule has 0 radical (unpaired) electrons. The molecule has 3 nitrogen and oxygen atoms in total. The van der Waals surface area contributed by atoms with Gasteiger partial charge in [-0.05, 0) is 37.5 Å². The van der Waals surface area contributed by atoms with E-state index in [0.29, 0.717) is 5.56 Å². The summed E-state index contributed by atoms with van der Waals surface area (Å²) in [6.07, 6.45) is 1.20. The Bertz CT molecular complexity index is 408. The smallest absolute Gasteiger partial charge is 0.336 e. The lowest BCUT2D eigenvalue weighted by Gasteiger charge is -2.36. The Labute approximate surface area is 89.3 Å². The van der Waals surface area contributed by atoms with Crippen molar-refractivity contribution in [2.75, 3.05) is 18.0 Å². The Morgan fingerprint density at radius 2 is 2.00 bits per heavy atom. The number of aromatic carboxylic acids is 1. The fourth-order valence-electron chi connectivity index (χ4n) is 2.09. The average molecular weight is 205 g/mol. The van der Waals surface area contributed by atoms with Gasteiger partial charge >= 0.3 is 5.97 Å². The number of benzene rings is 1. The van der Waals surface area contributed by atoms with E-state index in [2.05, 4.69) is 4.90 Å². The topological polar surface area (TPSA) is 40.5 Å². The van der Waals surface area contributed by atoms with Crippen LogP contribution in [0.15, 0.2) is 12.1 Å². The molecular formula is C12H15NO2. The van der Waals surface area contributed by atoms with E-state index >= 15 is 0 Å². The first-order valence-corrected chi connectivity index (χ1v) is 5.19. The lowest BCUT2D eigenvalue weighted by Crippen LogP contribution is -2.38. The van der Waals surface area contributed by atoms with Gasteiger partial charge in [0.1, 0.15) is 0 Å². The molecule has 0 saturated carbocycles. The predicted octanol–water partition coefficient (Wildman–Crippen LogP) is 2.21. The molecule has 0 bridgehead atoms. The van der Waals surface area contributed by atoms with Crippen LogP contribution in [-0.4, -0.2) is 24.2 Å². The predicted molar refractivity (Wildman–Crippen MR) is 59.7 cm³/mol. The van der Waals surface area contributed by atoms with E-state index in [-0.39, 0.29) is 0 Å². The van der Waals surface area contributed by atoms with Gasteiger partial charge < -0.3 is 10.0 Å². The van der Waals surface area contributed by atoms with Crippen LogP contribution in [-0.2, 0) is 0 Å². The zero-order valence-electron chi connectivity index (χ0n) is 9.08. The second-order valence-corrected chi connectivity index (χ2v) is 4.05. The molecule has 1 aliphatic rings. The van der Waals surface area contributed by atoms with Crippen LogP contribution < -0.4 is 4.90 Å². The molecule has 0 spiro atoms. The largest absolute Gasteiger partial charge is 0.478 e. The maximum atomic E-state index is 11.0. The van der Waals surface area contributed by atoms with Crippen LogP contribution in [0.1, 0.15) is 27.9 Å². The van der Waals surface area contributed by atoms with Gasteiger partial charge in [-0.25, -0.2) is 4.79 Å². The van der Waals surface area contributed by atoms with Crippen molar-refractivity contribution >= 4 is 11.7 Å². The second kappa shape index (κ2) is 3.57. The van der Waals surface area contributed by atoms with Crippen LogP contribution >= 0.6 is 0 Å². The molecule has 3 heteroatoms. The minimum absolute atomic E-state index is 0.419. The van der Waals surface area contributed by atoms with Gasteiger partial charge in [-0.2, -0.15) is 0 Å². The quantitative estimate of drug-likeness (QED) is 0.804. The lowest BCUT2D eigenvalue weighted by molar-refractivity contribution is 0.0696. The molecular weight excluding hydrogens is 190 g/mol. The Balaban J connectivity index is 2.50. The molecule has 2 rings (SSSR count). The number of anilines is 1. The molecule has 15 heavy (non-hydrogen) atoms. The first kappa shape index (κ1) is 10.0. The zero-order valence-corrected chi connectivity index (χ0v) is 9.08. The molecule has 0 atom stereocenters. The lowest BCUT2D eigenvalue weighted by atomic mass is 9.99. The summed E-state index contributed by atoms with van der Waals surface area (Å²) in [4.78, 5) is 13.2. The molecule has 1 aromatic rings. The van der Waals surface area contributed by atoms with Crippen molar-refractivity contribution in [1.29, 1.82) is 0 Å². The molecule has 1 N–H and O–H groups in total. The van der Waals surface area contributed by atoms with Gasteiger partial charge in [-0.3, -0.25) is 0 Å². The number of hydrogen-bond acceptors (Lipinski definition) is 2. The van der Waals surface area contributed by atoms with E-state index in [1.165, 1.54) is 6.42 Å². The summed E-state index contributed by atoms with van der Waals surface area (Å²) in [6.45, 7) is 6.02. The number of carboxylic acids is 1. The van der Waals surface area contributed by atoms with Crippen molar-refractivity contribution in [1.82, 2.24) is 0 Å². The zero-order chi connectivity index (χ0) is 11.0. The molecule has 80 valence electrons. The normalized spacial score (nSPS) is 14.9. The van der Waals surface area contributed by atoms with Gasteiger partial charge in [0.25, 0.3) is 0 Å². The fourth-order valence-corrected chi connectivity index (χ4v) is 2.09. The van der Waals surface area contributed by atoms with Crippen LogP contribution in [0.3, 0.4) is 0 Å². The number of rotatable bonds is 2. The van der Waals surface area contributed by atoms with Gasteiger partial charge in [0, 0.05) is 18.8 Å². The molecule has 1 fully saturated rings. The average Bonchev–Trinajstić information content (AvgIpc) is 2.08. The van der Waals surface area contributed by atoms with Gasteiger partial charge in [0.2, 0.25) is 0 Å². The maximum absolute atomic E-state index is 11.0. The number of nitrogens with zero attached hydrogens (tertiary/aromatic N) is 1. The van der Waals surface area contributed by atoms with Crippen molar-refractivity contribution in [3.63, 3.8) is 0 Å². The van der Waals surface area contributed by atoms with Crippen LogP contribution in [0.4, 0.5) is 5.69 Å². The number of carboxylic acid groups (broad SMARTS) is 1. The molecule has 0 aliphatic carbocycles. The fraction of sp³-hybridized carbons (Fsp3) is 0.417. The molecule has 0 amide bonds. The van der Waals surface area contributed by atoms with Crippen LogP contribution in [0, 0.1) is 13.8 Å². The van der Waals surface area contributed by atoms with Gasteiger partial charge in [-0.15, -0.1) is 0 Å². The summed E-state index contributed by atoms with van der Waals surface area (Å²) in [5.41, 5.74) is 3.59. The van der Waals surface area contributed by atoms with Crippen LogP contribution in [0.25, 0.3) is 0 Å². The molecule has 0 unspecified atom stereocenters. The summed E-state index contributed by atoms with van der Waals surface area (Å²) in [5, 5.41) is 9.03. The summed E-state index contributed by atoms with van der Waals surface area (Å²) < 4.78 is 0. The van der Waals surface area contributed by atoms with Gasteiger partial charge in [0.15, 0.2) is 0 Å². The van der Waals surface area contributed by atoms with Crippen molar-refractivity contribution in [3.8, 4) is 0 Å². The summed E-state index contributed by atoms with van der Waals surface area (Å²) in [6, 6.07) is 3.58. The van der Waals surface area contributed by atoms with Gasteiger partial charge in [0.05, 0.1) is 5.56 Å². The first-order chi connectivity index (χ1) is 7.11. The summed E-state index contributed by atoms with van der Waals surface area (Å²) >= 11 is 0. The molecule has 1 saturated heterocycles. The van der Waals surface area contributed by atoms with E-state index in [4.69, 9.17) is 5.11 Å². The van der Waals surface area contributed by atoms with E-state index in [9.17, 15) is 4.79 Å². The third-order valence-corrected chi connectivity index (χ3v) is 3.04. The third kappa shape index (κ3) is 1.58. The maximum Gasteiger partial charge on any atom is 0.336 e.